The Morgan fingerprint density at radius 1 is 1.27 bits per heavy atom. The van der Waals surface area contributed by atoms with Crippen molar-refractivity contribution in [1.82, 2.24) is 10.6 Å². The van der Waals surface area contributed by atoms with Crippen molar-refractivity contribution >= 4 is 6.03 Å². The molecule has 1 aliphatic heterocycles. The number of nitrogens with one attached hydrogen (secondary N) is 2. The van der Waals surface area contributed by atoms with E-state index in [-0.39, 0.29) is 12.1 Å². The molecule has 1 aromatic carbocycles. The van der Waals surface area contributed by atoms with Gasteiger partial charge in [0, 0.05) is 13.0 Å². The second kappa shape index (κ2) is 7.61. The molecule has 0 radical (unpaired) electrons. The van der Waals surface area contributed by atoms with Crippen LogP contribution in [0.15, 0.2) is 24.3 Å². The lowest BCUT2D eigenvalue weighted by Gasteiger charge is -2.23. The molecule has 22 heavy (non-hydrogen) atoms. The third-order valence-corrected chi connectivity index (χ3v) is 3.96. The summed E-state index contributed by atoms with van der Waals surface area (Å²) in [5, 5.41) is 5.88. The highest BCUT2D eigenvalue weighted by atomic mass is 16.7. The fourth-order valence-electron chi connectivity index (χ4n) is 2.53. The van der Waals surface area contributed by atoms with Crippen molar-refractivity contribution in [1.29, 1.82) is 0 Å². The van der Waals surface area contributed by atoms with E-state index in [0.717, 1.165) is 12.0 Å². The fraction of sp³-hybridized carbons (Fsp3) is 0.588. The van der Waals surface area contributed by atoms with Gasteiger partial charge in [-0.15, -0.1) is 0 Å². The van der Waals surface area contributed by atoms with Crippen LogP contribution < -0.4 is 10.6 Å². The Morgan fingerprint density at radius 2 is 1.91 bits per heavy atom. The summed E-state index contributed by atoms with van der Waals surface area (Å²) in [6.07, 6.45) is 1.49. The van der Waals surface area contributed by atoms with Gasteiger partial charge in [0.2, 0.25) is 0 Å². The Morgan fingerprint density at radius 3 is 2.50 bits per heavy atom. The standard InChI is InChI=1S/C17H26N2O3/c1-4-15(14-7-5-13(2)6-8-14)19-16(20)18-10-9-17(3)21-11-12-22-17/h5-8,15H,4,9-12H2,1-3H3,(H2,18,19,20)/t15-/m1/s1. The summed E-state index contributed by atoms with van der Waals surface area (Å²) >= 11 is 0. The number of rotatable bonds is 6. The molecule has 1 saturated heterocycles. The van der Waals surface area contributed by atoms with Gasteiger partial charge in [-0.25, -0.2) is 4.79 Å². The summed E-state index contributed by atoms with van der Waals surface area (Å²) in [6, 6.07) is 8.11. The van der Waals surface area contributed by atoms with Crippen LogP contribution in [0.1, 0.15) is 43.9 Å². The number of amides is 2. The monoisotopic (exact) mass is 306 g/mol. The summed E-state index contributed by atoms with van der Waals surface area (Å²) in [6.45, 7) is 7.78. The van der Waals surface area contributed by atoms with Crippen LogP contribution in [0.2, 0.25) is 0 Å². The van der Waals surface area contributed by atoms with Crippen molar-refractivity contribution in [2.24, 2.45) is 0 Å². The molecule has 0 unspecified atom stereocenters. The molecule has 0 saturated carbocycles. The van der Waals surface area contributed by atoms with Crippen molar-refractivity contribution in [3.05, 3.63) is 35.4 Å². The van der Waals surface area contributed by atoms with Crippen LogP contribution in [0, 0.1) is 6.92 Å². The zero-order valence-corrected chi connectivity index (χ0v) is 13.6. The van der Waals surface area contributed by atoms with Gasteiger partial charge in [-0.05, 0) is 25.8 Å². The van der Waals surface area contributed by atoms with Crippen molar-refractivity contribution in [3.8, 4) is 0 Å². The average molecular weight is 306 g/mol. The summed E-state index contributed by atoms with van der Waals surface area (Å²) in [5.41, 5.74) is 2.34. The van der Waals surface area contributed by atoms with E-state index in [9.17, 15) is 4.79 Å². The SMILES string of the molecule is CC[C@@H](NC(=O)NCCC1(C)OCCO1)c1ccc(C)cc1. The average Bonchev–Trinajstić information content (AvgIpc) is 2.92. The van der Waals surface area contributed by atoms with Gasteiger partial charge in [0.1, 0.15) is 0 Å². The van der Waals surface area contributed by atoms with E-state index in [4.69, 9.17) is 9.47 Å². The van der Waals surface area contributed by atoms with E-state index in [1.54, 1.807) is 0 Å². The molecular weight excluding hydrogens is 280 g/mol. The Balaban J connectivity index is 1.78. The number of ether oxygens (including phenoxy) is 2. The third kappa shape index (κ3) is 4.71. The molecule has 1 fully saturated rings. The van der Waals surface area contributed by atoms with Gasteiger partial charge in [0.25, 0.3) is 0 Å². The van der Waals surface area contributed by atoms with Gasteiger partial charge in [0.05, 0.1) is 19.3 Å². The number of aryl methyl sites for hydroxylation is 1. The third-order valence-electron chi connectivity index (χ3n) is 3.96. The lowest BCUT2D eigenvalue weighted by Crippen LogP contribution is -2.40. The molecule has 1 heterocycles. The molecule has 0 bridgehead atoms. The first-order chi connectivity index (χ1) is 10.5. The number of urea groups is 1. The van der Waals surface area contributed by atoms with Crippen LogP contribution in [-0.2, 0) is 9.47 Å². The van der Waals surface area contributed by atoms with E-state index in [0.29, 0.717) is 26.2 Å². The number of carbonyl (C=O) groups excluding carboxylic acids is 1. The van der Waals surface area contributed by atoms with Gasteiger partial charge in [-0.2, -0.15) is 0 Å². The van der Waals surface area contributed by atoms with Crippen molar-refractivity contribution in [2.45, 2.75) is 45.4 Å². The molecule has 1 atom stereocenters. The first-order valence-electron chi connectivity index (χ1n) is 7.91. The first kappa shape index (κ1) is 16.8. The quantitative estimate of drug-likeness (QED) is 0.849. The molecule has 5 nitrogen and oxygen atoms in total. The van der Waals surface area contributed by atoms with E-state index >= 15 is 0 Å². The van der Waals surface area contributed by atoms with Crippen LogP contribution in [0.4, 0.5) is 4.79 Å². The van der Waals surface area contributed by atoms with Gasteiger partial charge >= 0.3 is 6.03 Å². The normalized spacial score (nSPS) is 18.0. The van der Waals surface area contributed by atoms with Crippen LogP contribution in [0.3, 0.4) is 0 Å². The molecule has 2 amide bonds. The first-order valence-corrected chi connectivity index (χ1v) is 7.91. The Hall–Kier alpha value is -1.59. The van der Waals surface area contributed by atoms with Gasteiger partial charge < -0.3 is 20.1 Å². The molecule has 122 valence electrons. The van der Waals surface area contributed by atoms with Crippen LogP contribution >= 0.6 is 0 Å². The van der Waals surface area contributed by atoms with E-state index in [1.165, 1.54) is 5.56 Å². The highest BCUT2D eigenvalue weighted by Crippen LogP contribution is 2.21. The maximum absolute atomic E-state index is 12.0. The van der Waals surface area contributed by atoms with Crippen LogP contribution in [0.25, 0.3) is 0 Å². The second-order valence-corrected chi connectivity index (χ2v) is 5.85. The maximum Gasteiger partial charge on any atom is 0.315 e. The van der Waals surface area contributed by atoms with Crippen molar-refractivity contribution in [3.63, 3.8) is 0 Å². The van der Waals surface area contributed by atoms with E-state index < -0.39 is 5.79 Å². The minimum Gasteiger partial charge on any atom is -0.348 e. The molecule has 1 aliphatic rings. The Bertz CT molecular complexity index is 481. The Kier molecular flexibility index (Phi) is 5.80. The lowest BCUT2D eigenvalue weighted by atomic mass is 10.0. The molecular formula is C17H26N2O3. The summed E-state index contributed by atoms with van der Waals surface area (Å²) in [7, 11) is 0. The summed E-state index contributed by atoms with van der Waals surface area (Å²) < 4.78 is 11.0. The minimum atomic E-state index is -0.561. The van der Waals surface area contributed by atoms with Gasteiger partial charge in [-0.3, -0.25) is 0 Å². The topological polar surface area (TPSA) is 59.6 Å². The smallest absolute Gasteiger partial charge is 0.315 e. The minimum absolute atomic E-state index is 0.0233. The number of hydrogen-bond donors (Lipinski definition) is 2. The van der Waals surface area contributed by atoms with Crippen LogP contribution in [-0.4, -0.2) is 31.6 Å². The van der Waals surface area contributed by atoms with Gasteiger partial charge in [-0.1, -0.05) is 36.8 Å². The number of carbonyl (C=O) groups is 1. The number of benzene rings is 1. The molecule has 2 N–H and O–H groups in total. The molecule has 0 spiro atoms. The molecule has 5 heteroatoms. The van der Waals surface area contributed by atoms with E-state index in [1.807, 2.05) is 6.92 Å². The molecule has 0 aromatic heterocycles. The zero-order chi connectivity index (χ0) is 16.0. The lowest BCUT2D eigenvalue weighted by molar-refractivity contribution is -0.145. The van der Waals surface area contributed by atoms with Crippen molar-refractivity contribution < 1.29 is 14.3 Å². The predicted molar refractivity (Wildman–Crippen MR) is 85.7 cm³/mol. The van der Waals surface area contributed by atoms with Gasteiger partial charge in [0.15, 0.2) is 5.79 Å². The fourth-order valence-corrected chi connectivity index (χ4v) is 2.53. The van der Waals surface area contributed by atoms with E-state index in [2.05, 4.69) is 48.7 Å². The summed E-state index contributed by atoms with van der Waals surface area (Å²) in [4.78, 5) is 12.0. The molecule has 2 rings (SSSR count). The molecule has 1 aromatic rings. The Labute approximate surface area is 132 Å². The maximum atomic E-state index is 12.0. The van der Waals surface area contributed by atoms with Crippen LogP contribution in [0.5, 0.6) is 0 Å². The highest BCUT2D eigenvalue weighted by molar-refractivity contribution is 5.74. The second-order valence-electron chi connectivity index (χ2n) is 5.85. The largest absolute Gasteiger partial charge is 0.348 e. The zero-order valence-electron chi connectivity index (χ0n) is 13.6. The summed E-state index contributed by atoms with van der Waals surface area (Å²) in [5.74, 6) is -0.561. The predicted octanol–water partition coefficient (Wildman–Crippen LogP) is 2.90. The van der Waals surface area contributed by atoms with Crippen molar-refractivity contribution in [2.75, 3.05) is 19.8 Å². The number of hydrogen-bond acceptors (Lipinski definition) is 3. The molecule has 0 aliphatic carbocycles. The highest BCUT2D eigenvalue weighted by Gasteiger charge is 2.30.